The van der Waals surface area contributed by atoms with E-state index in [2.05, 4.69) is 42.1 Å². The third-order valence-electron chi connectivity index (χ3n) is 15.0. The third kappa shape index (κ3) is 13.8. The van der Waals surface area contributed by atoms with E-state index < -0.39 is 96.2 Å². The molecule has 5 heterocycles. The Morgan fingerprint density at radius 1 is 0.732 bits per heavy atom. The zero-order valence-electron chi connectivity index (χ0n) is 46.7. The maximum absolute atomic E-state index is 15.0. The monoisotopic (exact) mass is 1150 g/mol. The van der Waals surface area contributed by atoms with Crippen molar-refractivity contribution in [1.82, 2.24) is 51.6 Å². The van der Waals surface area contributed by atoms with Gasteiger partial charge in [0.15, 0.2) is 5.82 Å². The van der Waals surface area contributed by atoms with E-state index in [4.69, 9.17) is 21.3 Å². The van der Waals surface area contributed by atoms with Gasteiger partial charge < -0.3 is 41.5 Å². The zero-order valence-corrected chi connectivity index (χ0v) is 48.3. The van der Waals surface area contributed by atoms with Gasteiger partial charge in [-0.15, -0.1) is 21.5 Å². The van der Waals surface area contributed by atoms with E-state index in [1.54, 1.807) is 68.5 Å². The number of amides is 7. The number of thiophene rings is 1. The summed E-state index contributed by atoms with van der Waals surface area (Å²) in [5.74, 6) is -3.28. The van der Waals surface area contributed by atoms with Crippen LogP contribution in [0.1, 0.15) is 90.4 Å². The average Bonchev–Trinajstić information content (AvgIpc) is 4.26. The van der Waals surface area contributed by atoms with E-state index in [0.717, 1.165) is 37.7 Å². The molecule has 82 heavy (non-hydrogen) atoms. The zero-order chi connectivity index (χ0) is 58.2. The molecule has 7 amide bonds. The number of aryl methyl sites for hydroxylation is 2. The molecule has 0 aliphatic carbocycles. The van der Waals surface area contributed by atoms with E-state index in [9.17, 15) is 33.6 Å². The topological polar surface area (TPSA) is 247 Å². The van der Waals surface area contributed by atoms with Crippen LogP contribution in [0.15, 0.2) is 114 Å². The van der Waals surface area contributed by atoms with Crippen LogP contribution in [-0.2, 0) is 51.1 Å². The number of ether oxygens (including phenoxy) is 1. The van der Waals surface area contributed by atoms with Crippen molar-refractivity contribution >= 4 is 70.0 Å². The molecule has 19 nitrogen and oxygen atoms in total. The quantitative estimate of drug-likeness (QED) is 0.0994. The highest BCUT2D eigenvalue weighted by atomic mass is 35.5. The normalized spacial score (nSPS) is 21.5. The predicted octanol–water partition coefficient (Wildman–Crippen LogP) is 5.58. The Morgan fingerprint density at radius 3 is 2.01 bits per heavy atom. The molecule has 1 unspecified atom stereocenters. The summed E-state index contributed by atoms with van der Waals surface area (Å²) in [6.07, 6.45) is 0.550. The van der Waals surface area contributed by atoms with Crippen LogP contribution in [0.5, 0.6) is 0 Å². The lowest BCUT2D eigenvalue weighted by Gasteiger charge is -2.35. The van der Waals surface area contributed by atoms with Crippen molar-refractivity contribution < 1.29 is 38.3 Å². The van der Waals surface area contributed by atoms with Crippen LogP contribution in [0.25, 0.3) is 16.1 Å². The van der Waals surface area contributed by atoms with Crippen molar-refractivity contribution in [3.05, 3.63) is 159 Å². The lowest BCUT2D eigenvalue weighted by Crippen LogP contribution is -2.61. The number of fused-ring (bicyclic) bond motifs is 4. The molecule has 2 fully saturated rings. The number of halogens is 1. The fourth-order valence-corrected chi connectivity index (χ4v) is 11.8. The first-order valence-corrected chi connectivity index (χ1v) is 28.7. The SMILES string of the molecule is Cc1sc2c(c1C)C(c1ccc(Cl)cc1)=N[C@@H](CC(=O)NC[C@H]1NC(=O)[C@@H](Cc3ccccc3)NC(=O)[C@@H](Cc3ccc(-c4ccccc4)cc3)NC(=O)[C@@H]3CCCN3C(=O)C(C(C)(C)C)NC(=O)COCCNC1=O)c1nnc(C)n1-2. The van der Waals surface area contributed by atoms with E-state index >= 15 is 0 Å². The number of rotatable bonds is 10. The summed E-state index contributed by atoms with van der Waals surface area (Å²) in [5, 5.41) is 27.4. The Labute approximate surface area is 485 Å². The number of aromatic nitrogens is 3. The summed E-state index contributed by atoms with van der Waals surface area (Å²) in [5.41, 5.74) is 5.84. The van der Waals surface area contributed by atoms with Gasteiger partial charge in [0.2, 0.25) is 41.4 Å². The molecule has 0 bridgehead atoms. The number of hydrogen-bond acceptors (Lipinski definition) is 12. The number of nitrogens with one attached hydrogen (secondary N) is 6. The lowest BCUT2D eigenvalue weighted by molar-refractivity contribution is -0.145. The van der Waals surface area contributed by atoms with Gasteiger partial charge in [-0.1, -0.05) is 129 Å². The van der Waals surface area contributed by atoms with Gasteiger partial charge in [-0.2, -0.15) is 0 Å². The van der Waals surface area contributed by atoms with E-state index in [-0.39, 0.29) is 39.0 Å². The molecule has 0 spiro atoms. The smallest absolute Gasteiger partial charge is 0.246 e. The number of benzene rings is 4. The van der Waals surface area contributed by atoms with Crippen LogP contribution in [0, 0.1) is 26.2 Å². The van der Waals surface area contributed by atoms with E-state index in [1.807, 2.05) is 98.1 Å². The Hall–Kier alpha value is -8.07. The minimum atomic E-state index is -1.42. The van der Waals surface area contributed by atoms with E-state index in [0.29, 0.717) is 46.4 Å². The summed E-state index contributed by atoms with van der Waals surface area (Å²) >= 11 is 7.90. The van der Waals surface area contributed by atoms with Crippen LogP contribution in [0.3, 0.4) is 0 Å². The van der Waals surface area contributed by atoms with Crippen molar-refractivity contribution in [2.45, 2.75) is 110 Å². The predicted molar refractivity (Wildman–Crippen MR) is 312 cm³/mol. The van der Waals surface area contributed by atoms with Gasteiger partial charge in [-0.25, -0.2) is 0 Å². The summed E-state index contributed by atoms with van der Waals surface area (Å²) in [6, 6.07) is 26.8. The largest absolute Gasteiger partial charge is 0.370 e. The Bertz CT molecular complexity index is 3360. The molecule has 9 rings (SSSR count). The van der Waals surface area contributed by atoms with Gasteiger partial charge in [0.05, 0.1) is 18.7 Å². The molecule has 428 valence electrons. The molecule has 2 saturated heterocycles. The lowest BCUT2D eigenvalue weighted by atomic mass is 9.85. The van der Waals surface area contributed by atoms with Crippen molar-refractivity contribution in [3.63, 3.8) is 0 Å². The molecule has 21 heteroatoms. The van der Waals surface area contributed by atoms with Crippen molar-refractivity contribution in [2.24, 2.45) is 10.4 Å². The van der Waals surface area contributed by atoms with Crippen molar-refractivity contribution in [2.75, 3.05) is 32.8 Å². The van der Waals surface area contributed by atoms with Gasteiger partial charge >= 0.3 is 0 Å². The van der Waals surface area contributed by atoms with Crippen LogP contribution < -0.4 is 31.9 Å². The van der Waals surface area contributed by atoms with Crippen LogP contribution >= 0.6 is 22.9 Å². The van der Waals surface area contributed by atoms with Crippen LogP contribution in [-0.4, -0.2) is 130 Å². The van der Waals surface area contributed by atoms with Crippen molar-refractivity contribution in [3.8, 4) is 16.1 Å². The molecule has 4 aromatic carbocycles. The molecular formula is C61H68ClN11O8S. The highest BCUT2D eigenvalue weighted by molar-refractivity contribution is 7.15. The molecule has 6 aromatic rings. The maximum Gasteiger partial charge on any atom is 0.246 e. The first-order chi connectivity index (χ1) is 39.3. The first kappa shape index (κ1) is 58.6. The van der Waals surface area contributed by atoms with Gasteiger partial charge in [0.25, 0.3) is 0 Å². The van der Waals surface area contributed by atoms with Crippen LogP contribution in [0.2, 0.25) is 5.02 Å². The summed E-state index contributed by atoms with van der Waals surface area (Å²) < 4.78 is 7.60. The Balaban J connectivity index is 1.02. The van der Waals surface area contributed by atoms with Gasteiger partial charge in [0.1, 0.15) is 53.7 Å². The fraction of sp³-hybridized carbons (Fsp3) is 0.377. The molecular weight excluding hydrogens is 1080 g/mol. The van der Waals surface area contributed by atoms with Gasteiger partial charge in [-0.3, -0.25) is 43.1 Å². The highest BCUT2D eigenvalue weighted by Gasteiger charge is 2.43. The first-order valence-electron chi connectivity index (χ1n) is 27.5. The second-order valence-electron chi connectivity index (χ2n) is 22.0. The standard InChI is InChI=1S/C61H68ClN11O8S/c1-35-36(2)82-60-51(35)52(42-23-25-43(62)26-24-42)65-44(54-71-70-37(3)73(54)60)32-49(74)64-33-47-55(76)63-27-29-81-34-50(75)69-53(61(4,5)6)59(80)72-28-13-18-48(72)58(79)67-46(31-39-19-21-41(22-20-39)40-16-11-8-12-17-40)56(77)66-45(57(78)68-47)30-38-14-9-7-10-15-38/h7-12,14-17,19-26,44-48,53H,13,18,27-34H2,1-6H3,(H,63,76)(H,64,74)(H,66,77)(H,67,79)(H,68,78)(H,69,75)/t44-,45+,46+,47+,48-,53?/m0/s1. The number of carbonyl (C=O) groups is 7. The minimum Gasteiger partial charge on any atom is -0.370 e. The van der Waals surface area contributed by atoms with Gasteiger partial charge in [-0.05, 0) is 79.0 Å². The Morgan fingerprint density at radius 2 is 1.34 bits per heavy atom. The molecule has 0 saturated carbocycles. The molecule has 6 N–H and O–H groups in total. The fourth-order valence-electron chi connectivity index (χ4n) is 10.4. The summed E-state index contributed by atoms with van der Waals surface area (Å²) in [7, 11) is 0. The van der Waals surface area contributed by atoms with Gasteiger partial charge in [0, 0.05) is 53.5 Å². The average molecular weight is 1150 g/mol. The number of carbonyl (C=O) groups excluding carboxylic acids is 7. The maximum atomic E-state index is 15.0. The number of aliphatic imine (C=N–C) groups is 1. The molecule has 6 atom stereocenters. The highest BCUT2D eigenvalue weighted by Crippen LogP contribution is 2.40. The Kier molecular flexibility index (Phi) is 18.4. The van der Waals surface area contributed by atoms with E-state index in [1.165, 1.54) is 4.90 Å². The van der Waals surface area contributed by atoms with Crippen LogP contribution in [0.4, 0.5) is 0 Å². The minimum absolute atomic E-state index is 0.000301. The number of hydrogen-bond donors (Lipinski definition) is 6. The molecule has 0 radical (unpaired) electrons. The molecule has 3 aliphatic heterocycles. The number of nitrogens with zero attached hydrogens (tertiary/aromatic N) is 5. The third-order valence-corrected chi connectivity index (χ3v) is 16.4. The van der Waals surface area contributed by atoms with Crippen molar-refractivity contribution in [1.29, 1.82) is 0 Å². The second-order valence-corrected chi connectivity index (χ2v) is 23.6. The second kappa shape index (κ2) is 25.8. The molecule has 3 aliphatic rings. The summed E-state index contributed by atoms with van der Waals surface area (Å²) in [6.45, 7) is 10.4. The molecule has 2 aromatic heterocycles. The summed E-state index contributed by atoms with van der Waals surface area (Å²) in [4.78, 5) is 109.